The number of rotatable bonds is 3. The molecule has 0 saturated heterocycles. The van der Waals surface area contributed by atoms with Crippen LogP contribution in [0.5, 0.6) is 5.75 Å². The Morgan fingerprint density at radius 1 is 1.17 bits per heavy atom. The van der Waals surface area contributed by atoms with E-state index in [1.807, 2.05) is 44.2 Å². The van der Waals surface area contributed by atoms with Gasteiger partial charge in [-0.1, -0.05) is 30.3 Å². The molecule has 148 valence electrons. The fraction of sp³-hybridized carbons (Fsp3) is 0.227. The van der Waals surface area contributed by atoms with Gasteiger partial charge in [0.2, 0.25) is 5.91 Å². The van der Waals surface area contributed by atoms with Crippen molar-refractivity contribution in [1.29, 1.82) is 0 Å². The molecule has 0 spiro atoms. The van der Waals surface area contributed by atoms with Crippen LogP contribution in [0.4, 0.5) is 11.4 Å². The maximum Gasteiger partial charge on any atom is 0.311 e. The molecule has 2 aromatic carbocycles. The molecule has 0 unspecified atom stereocenters. The highest BCUT2D eigenvalue weighted by molar-refractivity contribution is 6.02. The number of nitrogens with one attached hydrogen (secondary N) is 1. The summed E-state index contributed by atoms with van der Waals surface area (Å²) in [5.41, 5.74) is 1.38. The van der Waals surface area contributed by atoms with Crippen LogP contribution in [0.1, 0.15) is 24.5 Å². The lowest BCUT2D eigenvalue weighted by Gasteiger charge is -2.24. The standard InChI is InChI=1S/C22H21N3O4/c1-22(2)13-28-17-11-15(9-10-16(17)25(3)21(22)27)24-19(26)20-23-12-18(29-20)14-7-5-4-6-8-14/h4-12H,13H2,1-3H3,(H,24,26). The molecular formula is C22H21N3O4. The van der Waals surface area contributed by atoms with Crippen LogP contribution in [0.25, 0.3) is 11.3 Å². The number of aromatic nitrogens is 1. The highest BCUT2D eigenvalue weighted by atomic mass is 16.5. The van der Waals surface area contributed by atoms with Crippen molar-refractivity contribution in [2.75, 3.05) is 23.9 Å². The molecule has 2 amide bonds. The Kier molecular flexibility index (Phi) is 4.58. The van der Waals surface area contributed by atoms with Crippen LogP contribution in [0.3, 0.4) is 0 Å². The quantitative estimate of drug-likeness (QED) is 0.730. The summed E-state index contributed by atoms with van der Waals surface area (Å²) < 4.78 is 11.4. The largest absolute Gasteiger partial charge is 0.490 e. The Hall–Kier alpha value is -3.61. The number of anilines is 2. The minimum atomic E-state index is -0.636. The number of carbonyl (C=O) groups excluding carboxylic acids is 2. The number of nitrogens with zero attached hydrogens (tertiary/aromatic N) is 2. The molecule has 7 nitrogen and oxygen atoms in total. The summed E-state index contributed by atoms with van der Waals surface area (Å²) in [5, 5.41) is 2.76. The second kappa shape index (κ2) is 7.09. The van der Waals surface area contributed by atoms with E-state index in [4.69, 9.17) is 9.15 Å². The van der Waals surface area contributed by atoms with Crippen molar-refractivity contribution in [3.05, 3.63) is 60.6 Å². The van der Waals surface area contributed by atoms with E-state index in [1.165, 1.54) is 6.20 Å². The van der Waals surface area contributed by atoms with E-state index in [-0.39, 0.29) is 18.4 Å². The molecule has 3 aromatic rings. The molecule has 1 aliphatic heterocycles. The lowest BCUT2D eigenvalue weighted by atomic mass is 9.93. The van der Waals surface area contributed by atoms with E-state index in [0.29, 0.717) is 22.9 Å². The first-order valence-electron chi connectivity index (χ1n) is 9.23. The molecule has 2 heterocycles. The number of hydrogen-bond acceptors (Lipinski definition) is 5. The van der Waals surface area contributed by atoms with Crippen LogP contribution >= 0.6 is 0 Å². The molecule has 0 atom stereocenters. The number of oxazole rings is 1. The van der Waals surface area contributed by atoms with Gasteiger partial charge in [0.05, 0.1) is 17.3 Å². The Morgan fingerprint density at radius 2 is 1.93 bits per heavy atom. The van der Waals surface area contributed by atoms with Gasteiger partial charge >= 0.3 is 5.91 Å². The molecule has 1 aliphatic rings. The number of fused-ring (bicyclic) bond motifs is 1. The Balaban J connectivity index is 1.54. The molecule has 0 fully saturated rings. The first kappa shape index (κ1) is 18.7. The zero-order chi connectivity index (χ0) is 20.6. The number of amides is 2. The first-order chi connectivity index (χ1) is 13.8. The van der Waals surface area contributed by atoms with E-state index in [1.54, 1.807) is 30.1 Å². The van der Waals surface area contributed by atoms with Crippen molar-refractivity contribution in [2.24, 2.45) is 5.41 Å². The van der Waals surface area contributed by atoms with E-state index in [0.717, 1.165) is 5.56 Å². The summed E-state index contributed by atoms with van der Waals surface area (Å²) in [6.45, 7) is 3.93. The summed E-state index contributed by atoms with van der Waals surface area (Å²) in [6.07, 6.45) is 1.52. The van der Waals surface area contributed by atoms with Gasteiger partial charge in [-0.05, 0) is 26.0 Å². The first-order valence-corrected chi connectivity index (χ1v) is 9.23. The molecular weight excluding hydrogens is 370 g/mol. The van der Waals surface area contributed by atoms with Gasteiger partial charge in [0, 0.05) is 24.4 Å². The number of carbonyl (C=O) groups is 2. The third kappa shape index (κ3) is 3.59. The molecule has 7 heteroatoms. The monoisotopic (exact) mass is 391 g/mol. The van der Waals surface area contributed by atoms with Crippen LogP contribution in [0, 0.1) is 5.41 Å². The molecule has 0 aliphatic carbocycles. The number of hydrogen-bond donors (Lipinski definition) is 1. The molecule has 0 bridgehead atoms. The molecule has 1 aromatic heterocycles. The average molecular weight is 391 g/mol. The van der Waals surface area contributed by atoms with Gasteiger partial charge in [-0.15, -0.1) is 0 Å². The zero-order valence-electron chi connectivity index (χ0n) is 16.4. The minimum absolute atomic E-state index is 0.0266. The lowest BCUT2D eigenvalue weighted by molar-refractivity contribution is -0.127. The second-order valence-electron chi connectivity index (χ2n) is 7.57. The van der Waals surface area contributed by atoms with Crippen molar-refractivity contribution in [1.82, 2.24) is 4.98 Å². The lowest BCUT2D eigenvalue weighted by Crippen LogP contribution is -2.39. The van der Waals surface area contributed by atoms with Gasteiger partial charge in [-0.25, -0.2) is 4.98 Å². The molecule has 29 heavy (non-hydrogen) atoms. The SMILES string of the molecule is CN1C(=O)C(C)(C)COc2cc(NC(=O)c3ncc(-c4ccccc4)o3)ccc21. The van der Waals surface area contributed by atoms with Crippen LogP contribution in [0.15, 0.2) is 59.1 Å². The smallest absolute Gasteiger partial charge is 0.311 e. The third-order valence-corrected chi connectivity index (χ3v) is 4.81. The third-order valence-electron chi connectivity index (χ3n) is 4.81. The van der Waals surface area contributed by atoms with Gasteiger partial charge in [-0.3, -0.25) is 9.59 Å². The summed E-state index contributed by atoms with van der Waals surface area (Å²) in [6, 6.07) is 14.6. The van der Waals surface area contributed by atoms with E-state index >= 15 is 0 Å². The van der Waals surface area contributed by atoms with Crippen molar-refractivity contribution in [2.45, 2.75) is 13.8 Å². The summed E-state index contributed by atoms with van der Waals surface area (Å²) in [5.74, 6) is 0.518. The number of ether oxygens (including phenoxy) is 1. The van der Waals surface area contributed by atoms with Gasteiger partial charge in [0.15, 0.2) is 5.76 Å². The van der Waals surface area contributed by atoms with Gasteiger partial charge in [0.25, 0.3) is 5.89 Å². The Morgan fingerprint density at radius 3 is 2.69 bits per heavy atom. The second-order valence-corrected chi connectivity index (χ2v) is 7.57. The topological polar surface area (TPSA) is 84.7 Å². The zero-order valence-corrected chi connectivity index (χ0v) is 16.4. The Bertz CT molecular complexity index is 1070. The van der Waals surface area contributed by atoms with Crippen molar-refractivity contribution < 1.29 is 18.7 Å². The summed E-state index contributed by atoms with van der Waals surface area (Å²) in [4.78, 5) is 30.7. The van der Waals surface area contributed by atoms with E-state index < -0.39 is 11.3 Å². The highest BCUT2D eigenvalue weighted by Crippen LogP contribution is 2.37. The normalized spacial score (nSPS) is 15.3. The van der Waals surface area contributed by atoms with Crippen LogP contribution in [0.2, 0.25) is 0 Å². The predicted octanol–water partition coefficient (Wildman–Crippen LogP) is 3.98. The van der Waals surface area contributed by atoms with Crippen molar-refractivity contribution >= 4 is 23.2 Å². The highest BCUT2D eigenvalue weighted by Gasteiger charge is 2.36. The van der Waals surface area contributed by atoms with Crippen molar-refractivity contribution in [3.8, 4) is 17.1 Å². The van der Waals surface area contributed by atoms with Crippen LogP contribution in [-0.4, -0.2) is 30.5 Å². The molecule has 0 saturated carbocycles. The van der Waals surface area contributed by atoms with Gasteiger partial charge < -0.3 is 19.4 Å². The fourth-order valence-electron chi connectivity index (χ4n) is 3.17. The minimum Gasteiger partial charge on any atom is -0.490 e. The predicted molar refractivity (Wildman–Crippen MR) is 109 cm³/mol. The maximum absolute atomic E-state index is 12.6. The van der Waals surface area contributed by atoms with Crippen LogP contribution in [-0.2, 0) is 4.79 Å². The van der Waals surface area contributed by atoms with E-state index in [9.17, 15) is 9.59 Å². The van der Waals surface area contributed by atoms with Gasteiger partial charge in [-0.2, -0.15) is 0 Å². The maximum atomic E-state index is 12.6. The molecule has 1 N–H and O–H groups in total. The molecule has 0 radical (unpaired) electrons. The summed E-state index contributed by atoms with van der Waals surface area (Å²) >= 11 is 0. The Labute approximate surface area is 168 Å². The average Bonchev–Trinajstić information content (AvgIpc) is 3.20. The summed E-state index contributed by atoms with van der Waals surface area (Å²) in [7, 11) is 1.72. The number of benzene rings is 2. The van der Waals surface area contributed by atoms with E-state index in [2.05, 4.69) is 10.3 Å². The van der Waals surface area contributed by atoms with Crippen LogP contribution < -0.4 is 15.0 Å². The fourth-order valence-corrected chi connectivity index (χ4v) is 3.17. The van der Waals surface area contributed by atoms with Crippen molar-refractivity contribution in [3.63, 3.8) is 0 Å². The molecule has 4 rings (SSSR count). The van der Waals surface area contributed by atoms with Gasteiger partial charge in [0.1, 0.15) is 12.4 Å².